The molecule has 0 saturated carbocycles. The van der Waals surface area contributed by atoms with Gasteiger partial charge in [-0.05, 0) is 30.7 Å². The summed E-state index contributed by atoms with van der Waals surface area (Å²) < 4.78 is 7.12. The van der Waals surface area contributed by atoms with Gasteiger partial charge >= 0.3 is 0 Å². The first kappa shape index (κ1) is 17.3. The number of thiazole rings is 1. The molecule has 0 radical (unpaired) electrons. The Bertz CT molecular complexity index is 1030. The highest BCUT2D eigenvalue weighted by Gasteiger charge is 2.20. The molecule has 3 heterocycles. The zero-order chi connectivity index (χ0) is 18.8. The van der Waals surface area contributed by atoms with Gasteiger partial charge < -0.3 is 9.32 Å². The van der Waals surface area contributed by atoms with E-state index in [0.717, 1.165) is 48.8 Å². The van der Waals surface area contributed by atoms with Gasteiger partial charge in [-0.25, -0.2) is 4.98 Å². The Morgan fingerprint density at radius 2 is 1.75 bits per heavy atom. The molecule has 28 heavy (non-hydrogen) atoms. The van der Waals surface area contributed by atoms with Gasteiger partial charge in [0.1, 0.15) is 0 Å². The lowest BCUT2D eigenvalue weighted by atomic mass is 10.2. The molecule has 4 aromatic rings. The standard InChI is InChI=1S/C21H21N5OS/c1-2-7-16(8-3-1)20-24-23-19(27-20)15-25-11-6-12-26(14-13-25)21-22-17-9-4-5-10-18(17)28-21/h1-5,7-10H,6,11-15H2. The molecule has 0 bridgehead atoms. The van der Waals surface area contributed by atoms with E-state index in [-0.39, 0.29) is 0 Å². The predicted octanol–water partition coefficient (Wildman–Crippen LogP) is 4.06. The highest BCUT2D eigenvalue weighted by Crippen LogP contribution is 2.29. The van der Waals surface area contributed by atoms with Crippen LogP contribution in [0.15, 0.2) is 59.0 Å². The van der Waals surface area contributed by atoms with E-state index >= 15 is 0 Å². The smallest absolute Gasteiger partial charge is 0.247 e. The Morgan fingerprint density at radius 1 is 0.893 bits per heavy atom. The summed E-state index contributed by atoms with van der Waals surface area (Å²) >= 11 is 1.77. The summed E-state index contributed by atoms with van der Waals surface area (Å²) in [5.74, 6) is 1.26. The van der Waals surface area contributed by atoms with Crippen molar-refractivity contribution in [1.82, 2.24) is 20.1 Å². The molecular formula is C21H21N5OS. The normalized spacial score (nSPS) is 15.8. The van der Waals surface area contributed by atoms with Gasteiger partial charge in [0.25, 0.3) is 0 Å². The summed E-state index contributed by atoms with van der Waals surface area (Å²) in [6, 6.07) is 18.2. The highest BCUT2D eigenvalue weighted by atomic mass is 32.1. The first-order valence-corrected chi connectivity index (χ1v) is 10.4. The van der Waals surface area contributed by atoms with Crippen LogP contribution in [0.1, 0.15) is 12.3 Å². The highest BCUT2D eigenvalue weighted by molar-refractivity contribution is 7.22. The molecule has 0 N–H and O–H groups in total. The molecule has 1 aliphatic heterocycles. The largest absolute Gasteiger partial charge is 0.419 e. The van der Waals surface area contributed by atoms with E-state index in [1.165, 1.54) is 4.70 Å². The lowest BCUT2D eigenvalue weighted by molar-refractivity contribution is 0.256. The number of fused-ring (bicyclic) bond motifs is 1. The van der Waals surface area contributed by atoms with Crippen LogP contribution >= 0.6 is 11.3 Å². The number of benzene rings is 2. The molecule has 1 fully saturated rings. The Labute approximate surface area is 167 Å². The van der Waals surface area contributed by atoms with Crippen LogP contribution in [0.25, 0.3) is 21.7 Å². The molecule has 1 saturated heterocycles. The monoisotopic (exact) mass is 391 g/mol. The van der Waals surface area contributed by atoms with Crippen LogP contribution in [0.5, 0.6) is 0 Å². The molecule has 5 rings (SSSR count). The van der Waals surface area contributed by atoms with Crippen molar-refractivity contribution in [2.45, 2.75) is 13.0 Å². The van der Waals surface area contributed by atoms with Crippen molar-refractivity contribution in [3.8, 4) is 11.5 Å². The second-order valence-corrected chi connectivity index (χ2v) is 7.96. The van der Waals surface area contributed by atoms with E-state index in [9.17, 15) is 0 Å². The molecule has 142 valence electrons. The molecule has 2 aromatic heterocycles. The van der Waals surface area contributed by atoms with Gasteiger partial charge in [0.15, 0.2) is 5.13 Å². The van der Waals surface area contributed by atoms with Gasteiger partial charge in [-0.15, -0.1) is 10.2 Å². The Hall–Kier alpha value is -2.77. The van der Waals surface area contributed by atoms with Crippen molar-refractivity contribution in [2.75, 3.05) is 31.1 Å². The van der Waals surface area contributed by atoms with E-state index in [2.05, 4.69) is 38.2 Å². The van der Waals surface area contributed by atoms with Crippen molar-refractivity contribution in [3.05, 3.63) is 60.5 Å². The van der Waals surface area contributed by atoms with E-state index in [4.69, 9.17) is 9.40 Å². The third kappa shape index (κ3) is 3.63. The summed E-state index contributed by atoms with van der Waals surface area (Å²) in [5.41, 5.74) is 2.04. The number of hydrogen-bond donors (Lipinski definition) is 0. The van der Waals surface area contributed by atoms with Crippen LogP contribution in [0.3, 0.4) is 0 Å². The molecule has 6 nitrogen and oxygen atoms in total. The van der Waals surface area contributed by atoms with Crippen LogP contribution in [-0.4, -0.2) is 46.3 Å². The molecule has 0 amide bonds. The van der Waals surface area contributed by atoms with E-state index in [1.54, 1.807) is 11.3 Å². The first-order chi connectivity index (χ1) is 13.8. The van der Waals surface area contributed by atoms with Gasteiger partial charge in [-0.1, -0.05) is 41.7 Å². The molecule has 0 unspecified atom stereocenters. The Morgan fingerprint density at radius 3 is 2.64 bits per heavy atom. The van der Waals surface area contributed by atoms with Gasteiger partial charge in [-0.3, -0.25) is 4.90 Å². The average Bonchev–Trinajstić information content (AvgIpc) is 3.31. The fourth-order valence-electron chi connectivity index (χ4n) is 3.52. The number of nitrogens with zero attached hydrogens (tertiary/aromatic N) is 5. The lowest BCUT2D eigenvalue weighted by Crippen LogP contribution is -2.30. The quantitative estimate of drug-likeness (QED) is 0.523. The number of rotatable bonds is 4. The number of anilines is 1. The molecule has 2 aromatic carbocycles. The Kier molecular flexibility index (Phi) is 4.76. The topological polar surface area (TPSA) is 58.3 Å². The molecule has 0 spiro atoms. The van der Waals surface area contributed by atoms with Crippen LogP contribution in [0.2, 0.25) is 0 Å². The van der Waals surface area contributed by atoms with Crippen molar-refractivity contribution in [3.63, 3.8) is 0 Å². The number of para-hydroxylation sites is 1. The average molecular weight is 392 g/mol. The fraction of sp³-hybridized carbons (Fsp3) is 0.286. The van der Waals surface area contributed by atoms with Crippen molar-refractivity contribution in [2.24, 2.45) is 0 Å². The second kappa shape index (κ2) is 7.69. The Balaban J connectivity index is 1.24. The third-order valence-corrected chi connectivity index (χ3v) is 6.09. The van der Waals surface area contributed by atoms with Gasteiger partial charge in [0, 0.05) is 31.7 Å². The first-order valence-electron chi connectivity index (χ1n) is 9.56. The summed E-state index contributed by atoms with van der Waals surface area (Å²) in [4.78, 5) is 9.59. The predicted molar refractivity (Wildman–Crippen MR) is 111 cm³/mol. The summed E-state index contributed by atoms with van der Waals surface area (Å²) in [7, 11) is 0. The van der Waals surface area contributed by atoms with Crippen LogP contribution in [-0.2, 0) is 6.54 Å². The molecule has 0 aliphatic carbocycles. The van der Waals surface area contributed by atoms with Crippen molar-refractivity contribution >= 4 is 26.7 Å². The summed E-state index contributed by atoms with van der Waals surface area (Å²) in [5, 5.41) is 9.56. The summed E-state index contributed by atoms with van der Waals surface area (Å²) in [6.45, 7) is 4.64. The van der Waals surface area contributed by atoms with Crippen LogP contribution in [0, 0.1) is 0 Å². The van der Waals surface area contributed by atoms with E-state index in [0.29, 0.717) is 18.3 Å². The van der Waals surface area contributed by atoms with Gasteiger partial charge in [-0.2, -0.15) is 0 Å². The minimum absolute atomic E-state index is 0.585. The number of aromatic nitrogens is 3. The minimum atomic E-state index is 0.585. The van der Waals surface area contributed by atoms with Gasteiger partial charge in [0.05, 0.1) is 16.8 Å². The lowest BCUT2D eigenvalue weighted by Gasteiger charge is -2.20. The maximum atomic E-state index is 5.88. The van der Waals surface area contributed by atoms with Gasteiger partial charge in [0.2, 0.25) is 11.8 Å². The zero-order valence-corrected chi connectivity index (χ0v) is 16.3. The fourth-order valence-corrected chi connectivity index (χ4v) is 4.54. The van der Waals surface area contributed by atoms with E-state index in [1.807, 2.05) is 36.4 Å². The SMILES string of the molecule is c1ccc(-c2nnc(CN3CCCN(c4nc5ccccc5s4)CC3)o2)cc1. The zero-order valence-electron chi connectivity index (χ0n) is 15.5. The van der Waals surface area contributed by atoms with Crippen molar-refractivity contribution in [1.29, 1.82) is 0 Å². The summed E-state index contributed by atoms with van der Waals surface area (Å²) in [6.07, 6.45) is 1.09. The number of hydrogen-bond acceptors (Lipinski definition) is 7. The van der Waals surface area contributed by atoms with Crippen molar-refractivity contribution < 1.29 is 4.42 Å². The molecule has 1 aliphatic rings. The third-order valence-electron chi connectivity index (χ3n) is 4.99. The maximum absolute atomic E-state index is 5.88. The molecule has 0 atom stereocenters. The second-order valence-electron chi connectivity index (χ2n) is 6.95. The molecule has 7 heteroatoms. The van der Waals surface area contributed by atoms with Crippen LogP contribution < -0.4 is 4.90 Å². The van der Waals surface area contributed by atoms with E-state index < -0.39 is 0 Å². The maximum Gasteiger partial charge on any atom is 0.247 e. The van der Waals surface area contributed by atoms with Crippen LogP contribution in [0.4, 0.5) is 5.13 Å². The minimum Gasteiger partial charge on any atom is -0.419 e. The molecular weight excluding hydrogens is 370 g/mol.